The molecule has 0 spiro atoms. The molecule has 0 aliphatic carbocycles. The van der Waals surface area contributed by atoms with Crippen LogP contribution in [0.4, 0.5) is 4.79 Å². The highest BCUT2D eigenvalue weighted by Gasteiger charge is 2.21. The molecule has 9 nitrogen and oxygen atoms in total. The molecule has 25 heavy (non-hydrogen) atoms. The molecule has 2 aromatic heterocycles. The van der Waals surface area contributed by atoms with Crippen LogP contribution in [0.15, 0.2) is 15.9 Å². The second kappa shape index (κ2) is 8.00. The summed E-state index contributed by atoms with van der Waals surface area (Å²) < 4.78 is 8.99. The second-order valence-electron chi connectivity index (χ2n) is 5.99. The van der Waals surface area contributed by atoms with Crippen LogP contribution in [0.1, 0.15) is 26.7 Å². The highest BCUT2D eigenvalue weighted by molar-refractivity contribution is 5.70. The number of amides is 1. The van der Waals surface area contributed by atoms with Gasteiger partial charge in [-0.3, -0.25) is 13.9 Å². The maximum Gasteiger partial charge on any atom is 0.409 e. The number of carbonyl (C=O) groups is 1. The number of carbonyl (C=O) groups excluding carboxylic acids is 1. The number of nitrogens with zero attached hydrogens (tertiary/aromatic N) is 5. The largest absolute Gasteiger partial charge is 0.448 e. The molecule has 1 saturated heterocycles. The van der Waals surface area contributed by atoms with E-state index in [1.165, 1.54) is 21.9 Å². The lowest BCUT2D eigenvalue weighted by atomic mass is 10.3. The second-order valence-corrected chi connectivity index (χ2v) is 5.99. The fraction of sp³-hybridized carbons (Fsp3) is 0.625. The fourth-order valence-corrected chi connectivity index (χ4v) is 2.64. The van der Waals surface area contributed by atoms with Gasteiger partial charge in [0.2, 0.25) is 0 Å². The quantitative estimate of drug-likeness (QED) is 0.808. The highest BCUT2D eigenvalue weighted by atomic mass is 16.6. The van der Waals surface area contributed by atoms with Gasteiger partial charge in [0.15, 0.2) is 11.2 Å². The molecule has 1 aliphatic rings. The fourth-order valence-electron chi connectivity index (χ4n) is 2.64. The third-order valence-corrected chi connectivity index (χ3v) is 3.86. The van der Waals surface area contributed by atoms with Gasteiger partial charge in [-0.25, -0.2) is 14.6 Å². The normalized spacial score (nSPS) is 13.8. The first kappa shape index (κ1) is 18.8. The van der Waals surface area contributed by atoms with Gasteiger partial charge < -0.3 is 14.2 Å². The molecule has 0 aromatic carbocycles. The Hall–Kier alpha value is -2.58. The lowest BCUT2D eigenvalue weighted by molar-refractivity contribution is 0.158. The van der Waals surface area contributed by atoms with Gasteiger partial charge in [0.05, 0.1) is 12.9 Å². The van der Waals surface area contributed by atoms with E-state index in [4.69, 9.17) is 4.74 Å². The molecular formula is C16H25N5O4. The van der Waals surface area contributed by atoms with E-state index in [2.05, 4.69) is 18.8 Å². The number of ether oxygens (including phenoxy) is 1. The SMILES string of the molecule is CCC.Cn1cnc2c1c(=O)n(CCCN1CCOC1=O)c(=O)n2C. The molecule has 0 N–H and O–H groups in total. The molecule has 0 bridgehead atoms. The number of aromatic nitrogens is 4. The number of cyclic esters (lactones) is 1. The maximum atomic E-state index is 12.5. The van der Waals surface area contributed by atoms with E-state index in [0.717, 1.165) is 0 Å². The zero-order valence-electron chi connectivity index (χ0n) is 15.2. The lowest BCUT2D eigenvalue weighted by Crippen LogP contribution is -2.40. The van der Waals surface area contributed by atoms with Gasteiger partial charge in [-0.2, -0.15) is 0 Å². The Bertz CT molecular complexity index is 864. The number of imidazole rings is 1. The van der Waals surface area contributed by atoms with Crippen molar-refractivity contribution in [1.29, 1.82) is 0 Å². The van der Waals surface area contributed by atoms with Crippen molar-refractivity contribution in [1.82, 2.24) is 23.6 Å². The molecular weight excluding hydrogens is 326 g/mol. The van der Waals surface area contributed by atoms with Crippen molar-refractivity contribution in [3.05, 3.63) is 27.2 Å². The zero-order chi connectivity index (χ0) is 18.6. The first-order chi connectivity index (χ1) is 11.9. The van der Waals surface area contributed by atoms with E-state index in [0.29, 0.717) is 37.3 Å². The molecule has 2 aromatic rings. The van der Waals surface area contributed by atoms with Crippen molar-refractivity contribution in [2.45, 2.75) is 33.2 Å². The smallest absolute Gasteiger partial charge is 0.409 e. The Morgan fingerprint density at radius 2 is 1.84 bits per heavy atom. The summed E-state index contributed by atoms with van der Waals surface area (Å²) in [5.41, 5.74) is 0.00171. The minimum Gasteiger partial charge on any atom is -0.448 e. The third-order valence-electron chi connectivity index (χ3n) is 3.86. The summed E-state index contributed by atoms with van der Waals surface area (Å²) >= 11 is 0. The minimum absolute atomic E-state index is 0.246. The number of hydrogen-bond acceptors (Lipinski definition) is 5. The monoisotopic (exact) mass is 351 g/mol. The maximum absolute atomic E-state index is 12.5. The summed E-state index contributed by atoms with van der Waals surface area (Å²) in [6.07, 6.45) is 2.92. The van der Waals surface area contributed by atoms with E-state index in [1.807, 2.05) is 0 Å². The molecule has 1 amide bonds. The number of fused-ring (bicyclic) bond motifs is 1. The van der Waals surface area contributed by atoms with Crippen molar-refractivity contribution in [3.63, 3.8) is 0 Å². The standard InChI is InChI=1S/C13H17N5O4.C3H8/c1-15-8-14-10-9(15)11(19)18(12(20)16(10)2)5-3-4-17-6-7-22-13(17)21;1-3-2/h8H,3-7H2,1-2H3;3H2,1-2H3. The van der Waals surface area contributed by atoms with Crippen LogP contribution in [0.5, 0.6) is 0 Å². The van der Waals surface area contributed by atoms with Crippen LogP contribution in [0.3, 0.4) is 0 Å². The topological polar surface area (TPSA) is 91.4 Å². The van der Waals surface area contributed by atoms with E-state index in [9.17, 15) is 14.4 Å². The Labute approximate surface area is 145 Å². The van der Waals surface area contributed by atoms with Gasteiger partial charge in [-0.1, -0.05) is 20.3 Å². The van der Waals surface area contributed by atoms with Crippen molar-refractivity contribution in [2.24, 2.45) is 14.1 Å². The van der Waals surface area contributed by atoms with E-state index >= 15 is 0 Å². The van der Waals surface area contributed by atoms with E-state index in [-0.39, 0.29) is 18.2 Å². The van der Waals surface area contributed by atoms with Crippen LogP contribution in [0.2, 0.25) is 0 Å². The van der Waals surface area contributed by atoms with Crippen LogP contribution < -0.4 is 11.2 Å². The summed E-state index contributed by atoms with van der Waals surface area (Å²) in [4.78, 5) is 41.7. The molecule has 1 aliphatic heterocycles. The lowest BCUT2D eigenvalue weighted by Gasteiger charge is -2.13. The molecule has 0 radical (unpaired) electrons. The molecule has 9 heteroatoms. The Morgan fingerprint density at radius 3 is 2.44 bits per heavy atom. The molecule has 138 valence electrons. The van der Waals surface area contributed by atoms with Crippen LogP contribution >= 0.6 is 0 Å². The van der Waals surface area contributed by atoms with Gasteiger partial charge in [-0.15, -0.1) is 0 Å². The van der Waals surface area contributed by atoms with Crippen molar-refractivity contribution in [2.75, 3.05) is 19.7 Å². The first-order valence-electron chi connectivity index (χ1n) is 8.44. The summed E-state index contributed by atoms with van der Waals surface area (Å²) in [7, 11) is 3.30. The van der Waals surface area contributed by atoms with Gasteiger partial charge >= 0.3 is 11.8 Å². The molecule has 0 saturated carbocycles. The van der Waals surface area contributed by atoms with Gasteiger partial charge in [-0.05, 0) is 6.42 Å². The Balaban J connectivity index is 0.000000701. The number of hydrogen-bond donors (Lipinski definition) is 0. The molecule has 3 rings (SSSR count). The van der Waals surface area contributed by atoms with Gasteiger partial charge in [0, 0.05) is 27.2 Å². The predicted molar refractivity (Wildman–Crippen MR) is 93.7 cm³/mol. The van der Waals surface area contributed by atoms with Crippen LogP contribution in [-0.4, -0.2) is 49.4 Å². The molecule has 3 heterocycles. The predicted octanol–water partition coefficient (Wildman–Crippen LogP) is 0.692. The Morgan fingerprint density at radius 1 is 1.16 bits per heavy atom. The van der Waals surface area contributed by atoms with E-state index in [1.54, 1.807) is 23.6 Å². The van der Waals surface area contributed by atoms with Crippen molar-refractivity contribution in [3.8, 4) is 0 Å². The van der Waals surface area contributed by atoms with Crippen molar-refractivity contribution < 1.29 is 9.53 Å². The first-order valence-corrected chi connectivity index (χ1v) is 8.44. The molecule has 0 atom stereocenters. The van der Waals surface area contributed by atoms with Crippen molar-refractivity contribution >= 4 is 17.3 Å². The van der Waals surface area contributed by atoms with Crippen LogP contribution in [0.25, 0.3) is 11.2 Å². The van der Waals surface area contributed by atoms with E-state index < -0.39 is 5.69 Å². The zero-order valence-corrected chi connectivity index (χ0v) is 15.2. The Kier molecular flexibility index (Phi) is 6.00. The van der Waals surface area contributed by atoms with Gasteiger partial charge in [0.1, 0.15) is 6.61 Å². The number of rotatable bonds is 4. The summed E-state index contributed by atoms with van der Waals surface area (Å²) in [6, 6.07) is 0. The summed E-state index contributed by atoms with van der Waals surface area (Å²) in [5, 5.41) is 0. The summed E-state index contributed by atoms with van der Waals surface area (Å²) in [6.45, 7) is 5.89. The van der Waals surface area contributed by atoms with Gasteiger partial charge in [0.25, 0.3) is 5.56 Å². The van der Waals surface area contributed by atoms with Crippen LogP contribution in [0, 0.1) is 0 Å². The average molecular weight is 351 g/mol. The minimum atomic E-state index is -0.403. The number of aryl methyl sites for hydroxylation is 2. The van der Waals surface area contributed by atoms with Crippen LogP contribution in [-0.2, 0) is 25.4 Å². The highest BCUT2D eigenvalue weighted by Crippen LogP contribution is 2.05. The summed E-state index contributed by atoms with van der Waals surface area (Å²) in [5.74, 6) is 0. The third kappa shape index (κ3) is 3.75. The average Bonchev–Trinajstić information content (AvgIpc) is 3.15. The molecule has 1 fully saturated rings. The molecule has 0 unspecified atom stereocenters.